The number of nitrogens with one attached hydrogen (secondary N) is 1. The number of ether oxygens (including phenoxy) is 1. The molecule has 5 nitrogen and oxygen atoms in total. The summed E-state index contributed by atoms with van der Waals surface area (Å²) in [6.07, 6.45) is 1.84. The van der Waals surface area contributed by atoms with Gasteiger partial charge in [-0.15, -0.1) is 0 Å². The molecule has 0 aliphatic heterocycles. The maximum Gasteiger partial charge on any atom is 0.268 e. The lowest BCUT2D eigenvalue weighted by atomic mass is 10.2. The Kier molecular flexibility index (Phi) is 4.10. The van der Waals surface area contributed by atoms with Crippen molar-refractivity contribution in [1.29, 1.82) is 0 Å². The van der Waals surface area contributed by atoms with Gasteiger partial charge in [0.15, 0.2) is 11.3 Å². The summed E-state index contributed by atoms with van der Waals surface area (Å²) in [6.45, 7) is 4.42. The van der Waals surface area contributed by atoms with Crippen molar-refractivity contribution in [2.45, 2.75) is 19.9 Å². The van der Waals surface area contributed by atoms with Gasteiger partial charge < -0.3 is 19.0 Å². The number of carbonyl (C=O) groups excluding carboxylic acids is 1. The molecular weight excluding hydrogens is 292 g/mol. The second-order valence-corrected chi connectivity index (χ2v) is 5.46. The fourth-order valence-electron chi connectivity index (χ4n) is 2.58. The average molecular weight is 312 g/mol. The van der Waals surface area contributed by atoms with Gasteiger partial charge in [-0.2, -0.15) is 0 Å². The van der Waals surface area contributed by atoms with Gasteiger partial charge in [-0.25, -0.2) is 0 Å². The van der Waals surface area contributed by atoms with E-state index in [0.29, 0.717) is 23.6 Å². The Bertz CT molecular complexity index is 832. The molecule has 2 aromatic heterocycles. The summed E-state index contributed by atoms with van der Waals surface area (Å²) in [4.78, 5) is 12.3. The first-order chi connectivity index (χ1) is 11.1. The molecule has 120 valence electrons. The van der Waals surface area contributed by atoms with Crippen LogP contribution in [0.25, 0.3) is 11.0 Å². The summed E-state index contributed by atoms with van der Waals surface area (Å²) in [5, 5.41) is 3.92. The summed E-state index contributed by atoms with van der Waals surface area (Å²) >= 11 is 0. The quantitative estimate of drug-likeness (QED) is 0.782. The molecule has 1 amide bonds. The Labute approximate surface area is 134 Å². The number of fused-ring (bicyclic) bond motifs is 1. The predicted octanol–water partition coefficient (Wildman–Crippen LogP) is 3.66. The van der Waals surface area contributed by atoms with E-state index >= 15 is 0 Å². The van der Waals surface area contributed by atoms with Gasteiger partial charge >= 0.3 is 0 Å². The van der Waals surface area contributed by atoms with Crippen molar-refractivity contribution in [3.63, 3.8) is 0 Å². The first-order valence-corrected chi connectivity index (χ1v) is 7.67. The maximum atomic E-state index is 12.3. The zero-order chi connectivity index (χ0) is 16.4. The number of furan rings is 1. The molecule has 3 aromatic rings. The molecule has 23 heavy (non-hydrogen) atoms. The minimum atomic E-state index is -0.237. The van der Waals surface area contributed by atoms with Gasteiger partial charge in [-0.3, -0.25) is 4.79 Å². The molecule has 1 unspecified atom stereocenters. The van der Waals surface area contributed by atoms with E-state index in [1.54, 1.807) is 10.6 Å². The van der Waals surface area contributed by atoms with Crippen molar-refractivity contribution in [3.05, 3.63) is 54.0 Å². The van der Waals surface area contributed by atoms with Crippen molar-refractivity contribution in [1.82, 2.24) is 9.88 Å². The third-order valence-electron chi connectivity index (χ3n) is 3.78. The zero-order valence-electron chi connectivity index (χ0n) is 13.5. The molecule has 0 radical (unpaired) electrons. The first-order valence-electron chi connectivity index (χ1n) is 7.67. The smallest absolute Gasteiger partial charge is 0.268 e. The summed E-state index contributed by atoms with van der Waals surface area (Å²) in [6, 6.07) is 11.1. The maximum absolute atomic E-state index is 12.3. The van der Waals surface area contributed by atoms with Gasteiger partial charge in [-0.1, -0.05) is 12.1 Å². The van der Waals surface area contributed by atoms with E-state index in [9.17, 15) is 4.79 Å². The molecule has 0 saturated carbocycles. The van der Waals surface area contributed by atoms with Crippen LogP contribution in [0.15, 0.2) is 47.0 Å². The van der Waals surface area contributed by atoms with E-state index in [0.717, 1.165) is 11.1 Å². The number of benzene rings is 1. The highest BCUT2D eigenvalue weighted by Gasteiger charge is 2.18. The Morgan fingerprint density at radius 3 is 2.87 bits per heavy atom. The van der Waals surface area contributed by atoms with Crippen LogP contribution in [0, 0.1) is 0 Å². The minimum Gasteiger partial charge on any atom is -0.490 e. The molecule has 0 aliphatic carbocycles. The van der Waals surface area contributed by atoms with Crippen LogP contribution in [-0.2, 0) is 7.05 Å². The number of hydrogen-bond acceptors (Lipinski definition) is 3. The van der Waals surface area contributed by atoms with Crippen molar-refractivity contribution in [2.75, 3.05) is 6.61 Å². The lowest BCUT2D eigenvalue weighted by Gasteiger charge is -2.11. The number of nitrogens with zero attached hydrogens (tertiary/aromatic N) is 1. The molecule has 0 fully saturated rings. The Hall–Kier alpha value is -2.69. The Morgan fingerprint density at radius 2 is 2.17 bits per heavy atom. The molecule has 1 atom stereocenters. The van der Waals surface area contributed by atoms with Crippen molar-refractivity contribution >= 4 is 16.9 Å². The van der Waals surface area contributed by atoms with E-state index < -0.39 is 0 Å². The van der Waals surface area contributed by atoms with Gasteiger partial charge in [-0.05, 0) is 38.1 Å². The van der Waals surface area contributed by atoms with Crippen LogP contribution in [0.1, 0.15) is 36.1 Å². The lowest BCUT2D eigenvalue weighted by Crippen LogP contribution is -2.27. The van der Waals surface area contributed by atoms with Gasteiger partial charge in [0.25, 0.3) is 5.91 Å². The molecular formula is C18H20N2O3. The Morgan fingerprint density at radius 1 is 1.35 bits per heavy atom. The topological polar surface area (TPSA) is 56.4 Å². The summed E-state index contributed by atoms with van der Waals surface area (Å²) in [5.41, 5.74) is 1.33. The number of para-hydroxylation sites is 1. The van der Waals surface area contributed by atoms with Crippen molar-refractivity contribution in [2.24, 2.45) is 7.05 Å². The third-order valence-corrected chi connectivity index (χ3v) is 3.78. The van der Waals surface area contributed by atoms with Crippen molar-refractivity contribution in [3.8, 4) is 5.75 Å². The standard InChI is InChI=1S/C18H20N2O3/c1-4-22-15-9-5-7-13-11-16(23-17(13)15)12(2)19-18(21)14-8-6-10-20(14)3/h5-12H,4H2,1-3H3,(H,19,21). The van der Waals surface area contributed by atoms with E-state index in [2.05, 4.69) is 5.32 Å². The lowest BCUT2D eigenvalue weighted by molar-refractivity contribution is 0.0927. The van der Waals surface area contributed by atoms with E-state index in [1.165, 1.54) is 0 Å². The van der Waals surface area contributed by atoms with Crippen LogP contribution in [0.2, 0.25) is 0 Å². The predicted molar refractivity (Wildman–Crippen MR) is 88.7 cm³/mol. The van der Waals surface area contributed by atoms with E-state index in [1.807, 2.05) is 57.4 Å². The molecule has 0 aliphatic rings. The largest absolute Gasteiger partial charge is 0.490 e. The van der Waals surface area contributed by atoms with Crippen LogP contribution in [0.3, 0.4) is 0 Å². The van der Waals surface area contributed by atoms with Gasteiger partial charge in [0.2, 0.25) is 0 Å². The van der Waals surface area contributed by atoms with Gasteiger partial charge in [0.1, 0.15) is 11.5 Å². The van der Waals surface area contributed by atoms with Crippen LogP contribution < -0.4 is 10.1 Å². The van der Waals surface area contributed by atoms with E-state index in [4.69, 9.17) is 9.15 Å². The second-order valence-electron chi connectivity index (χ2n) is 5.46. The molecule has 0 saturated heterocycles. The van der Waals surface area contributed by atoms with Gasteiger partial charge in [0, 0.05) is 18.6 Å². The number of rotatable bonds is 5. The SMILES string of the molecule is CCOc1cccc2cc(C(C)NC(=O)c3cccn3C)oc12. The summed E-state index contributed by atoms with van der Waals surface area (Å²) in [7, 11) is 1.84. The normalized spacial score (nSPS) is 12.3. The van der Waals surface area contributed by atoms with E-state index in [-0.39, 0.29) is 11.9 Å². The monoisotopic (exact) mass is 312 g/mol. The van der Waals surface area contributed by atoms with Crippen LogP contribution in [0.5, 0.6) is 5.75 Å². The highest BCUT2D eigenvalue weighted by molar-refractivity contribution is 5.93. The number of aromatic nitrogens is 1. The highest BCUT2D eigenvalue weighted by atomic mass is 16.5. The van der Waals surface area contributed by atoms with Crippen molar-refractivity contribution < 1.29 is 13.9 Å². The fourth-order valence-corrected chi connectivity index (χ4v) is 2.58. The van der Waals surface area contributed by atoms with Gasteiger partial charge in [0.05, 0.1) is 12.6 Å². The molecule has 3 rings (SSSR count). The Balaban J connectivity index is 1.84. The third kappa shape index (κ3) is 2.95. The second kappa shape index (κ2) is 6.20. The average Bonchev–Trinajstić information content (AvgIpc) is 3.14. The number of carbonyl (C=O) groups is 1. The van der Waals surface area contributed by atoms with Crippen LogP contribution >= 0.6 is 0 Å². The minimum absolute atomic E-state index is 0.129. The van der Waals surface area contributed by atoms with Crippen LogP contribution in [0.4, 0.5) is 0 Å². The number of amides is 1. The molecule has 1 N–H and O–H groups in total. The molecule has 5 heteroatoms. The molecule has 2 heterocycles. The molecule has 0 spiro atoms. The van der Waals surface area contributed by atoms with Crippen LogP contribution in [-0.4, -0.2) is 17.1 Å². The highest BCUT2D eigenvalue weighted by Crippen LogP contribution is 2.31. The number of hydrogen-bond donors (Lipinski definition) is 1. The molecule has 1 aromatic carbocycles. The number of aryl methyl sites for hydroxylation is 1. The molecule has 0 bridgehead atoms. The zero-order valence-corrected chi connectivity index (χ0v) is 13.5. The summed E-state index contributed by atoms with van der Waals surface area (Å²) in [5.74, 6) is 1.29. The summed E-state index contributed by atoms with van der Waals surface area (Å²) < 4.78 is 13.3. The first kappa shape index (κ1) is 15.2. The fraction of sp³-hybridized carbons (Fsp3) is 0.278.